The summed E-state index contributed by atoms with van der Waals surface area (Å²) in [5.41, 5.74) is 2.08. The van der Waals surface area contributed by atoms with E-state index < -0.39 is 11.8 Å². The molecule has 0 bridgehead atoms. The Morgan fingerprint density at radius 2 is 2.04 bits per heavy atom. The maximum atomic E-state index is 14.7. The molecule has 3 rings (SSSR count). The number of carbonyl (C=O) groups excluding carboxylic acids is 2. The van der Waals surface area contributed by atoms with Gasteiger partial charge in [0.25, 0.3) is 5.91 Å². The number of halogens is 2. The third kappa shape index (κ3) is 3.98. The number of allylic oxidation sites excluding steroid dienone is 1. The molecular weight excluding hydrogens is 401 g/mol. The SMILES string of the molecule is C=C1C2=C(CCCC2)C(=O)N1c1cc(C(=O)OC(C)CSCC)c(Cl)cc1F. The molecule has 1 unspecified atom stereocenters. The lowest BCUT2D eigenvalue weighted by atomic mass is 9.93. The minimum atomic E-state index is -0.675. The van der Waals surface area contributed by atoms with E-state index in [-0.39, 0.29) is 28.3 Å². The number of esters is 1. The van der Waals surface area contributed by atoms with E-state index in [2.05, 4.69) is 6.58 Å². The smallest absolute Gasteiger partial charge is 0.340 e. The van der Waals surface area contributed by atoms with Gasteiger partial charge in [-0.15, -0.1) is 0 Å². The molecule has 4 nitrogen and oxygen atoms in total. The standard InChI is InChI=1S/C21H23ClFNO3S/c1-4-28-11-12(2)27-21(26)16-9-19(18(23)10-17(16)22)24-13(3)14-7-5-6-8-15(14)20(24)25/h9-10,12H,3-8,11H2,1-2H3. The summed E-state index contributed by atoms with van der Waals surface area (Å²) < 4.78 is 20.1. The molecule has 1 atom stereocenters. The van der Waals surface area contributed by atoms with Crippen LogP contribution < -0.4 is 4.90 Å². The zero-order valence-electron chi connectivity index (χ0n) is 16.0. The highest BCUT2D eigenvalue weighted by Crippen LogP contribution is 2.42. The third-order valence-electron chi connectivity index (χ3n) is 4.91. The summed E-state index contributed by atoms with van der Waals surface area (Å²) >= 11 is 7.76. The van der Waals surface area contributed by atoms with Crippen LogP contribution in [0.2, 0.25) is 5.02 Å². The zero-order chi connectivity index (χ0) is 20.4. The van der Waals surface area contributed by atoms with Gasteiger partial charge in [-0.2, -0.15) is 11.8 Å². The van der Waals surface area contributed by atoms with E-state index in [1.165, 1.54) is 11.0 Å². The van der Waals surface area contributed by atoms with Gasteiger partial charge in [0, 0.05) is 17.0 Å². The highest BCUT2D eigenvalue weighted by atomic mass is 35.5. The van der Waals surface area contributed by atoms with E-state index in [0.29, 0.717) is 23.4 Å². The number of thioether (sulfide) groups is 1. The second kappa shape index (κ2) is 8.70. The molecule has 0 spiro atoms. The van der Waals surface area contributed by atoms with Crippen molar-refractivity contribution in [1.29, 1.82) is 0 Å². The highest BCUT2D eigenvalue weighted by molar-refractivity contribution is 7.99. The van der Waals surface area contributed by atoms with Crippen molar-refractivity contribution in [2.75, 3.05) is 16.4 Å². The molecule has 1 aromatic carbocycles. The average Bonchev–Trinajstić information content (AvgIpc) is 2.91. The van der Waals surface area contributed by atoms with Crippen LogP contribution in [-0.2, 0) is 9.53 Å². The summed E-state index contributed by atoms with van der Waals surface area (Å²) in [6, 6.07) is 2.35. The lowest BCUT2D eigenvalue weighted by Gasteiger charge is -2.21. The molecule has 150 valence electrons. The van der Waals surface area contributed by atoms with E-state index >= 15 is 0 Å². The van der Waals surface area contributed by atoms with Crippen LogP contribution in [0.3, 0.4) is 0 Å². The molecule has 1 aliphatic carbocycles. The van der Waals surface area contributed by atoms with Crippen molar-refractivity contribution in [3.05, 3.63) is 52.0 Å². The number of hydrogen-bond acceptors (Lipinski definition) is 4. The van der Waals surface area contributed by atoms with Crippen LogP contribution in [0.5, 0.6) is 0 Å². The van der Waals surface area contributed by atoms with E-state index in [1.54, 1.807) is 18.7 Å². The van der Waals surface area contributed by atoms with Gasteiger partial charge in [0.15, 0.2) is 0 Å². The maximum Gasteiger partial charge on any atom is 0.340 e. The Morgan fingerprint density at radius 1 is 1.36 bits per heavy atom. The second-order valence-corrected chi connectivity index (χ2v) is 8.64. The van der Waals surface area contributed by atoms with Gasteiger partial charge < -0.3 is 4.74 Å². The Balaban J connectivity index is 1.89. The van der Waals surface area contributed by atoms with Crippen LogP contribution in [0, 0.1) is 5.82 Å². The summed E-state index contributed by atoms with van der Waals surface area (Å²) in [6.07, 6.45) is 3.03. The Kier molecular flexibility index (Phi) is 6.50. The van der Waals surface area contributed by atoms with Crippen molar-refractivity contribution in [3.8, 4) is 0 Å². The molecule has 1 aliphatic heterocycles. The van der Waals surface area contributed by atoms with Crippen LogP contribution >= 0.6 is 23.4 Å². The lowest BCUT2D eigenvalue weighted by Crippen LogP contribution is -2.26. The lowest BCUT2D eigenvalue weighted by molar-refractivity contribution is -0.114. The molecule has 1 amide bonds. The number of amides is 1. The van der Waals surface area contributed by atoms with Crippen molar-refractivity contribution in [3.63, 3.8) is 0 Å². The number of nitrogens with zero attached hydrogens (tertiary/aromatic N) is 1. The Morgan fingerprint density at radius 3 is 2.68 bits per heavy atom. The first-order chi connectivity index (χ1) is 13.3. The minimum Gasteiger partial charge on any atom is -0.458 e. The van der Waals surface area contributed by atoms with Gasteiger partial charge in [0.1, 0.15) is 11.9 Å². The molecule has 0 aromatic heterocycles. The molecule has 0 fully saturated rings. The summed E-state index contributed by atoms with van der Waals surface area (Å²) in [5, 5.41) is -0.0448. The summed E-state index contributed by atoms with van der Waals surface area (Å²) in [7, 11) is 0. The fourth-order valence-corrected chi connectivity index (χ4v) is 4.40. The Hall–Kier alpha value is -1.79. The predicted molar refractivity (Wildman–Crippen MR) is 111 cm³/mol. The van der Waals surface area contributed by atoms with E-state index in [1.807, 2.05) is 6.92 Å². The molecule has 0 saturated carbocycles. The molecule has 1 heterocycles. The molecule has 2 aliphatic rings. The van der Waals surface area contributed by atoms with Gasteiger partial charge in [-0.1, -0.05) is 25.1 Å². The first kappa shape index (κ1) is 20.9. The summed E-state index contributed by atoms with van der Waals surface area (Å²) in [5.74, 6) is -0.00419. The average molecular weight is 424 g/mol. The van der Waals surface area contributed by atoms with Crippen molar-refractivity contribution in [2.45, 2.75) is 45.6 Å². The Bertz CT molecular complexity index is 839. The van der Waals surface area contributed by atoms with E-state index in [9.17, 15) is 14.0 Å². The fourth-order valence-electron chi connectivity index (χ4n) is 3.54. The van der Waals surface area contributed by atoms with Crippen LogP contribution in [0.25, 0.3) is 0 Å². The number of rotatable bonds is 6. The molecule has 28 heavy (non-hydrogen) atoms. The monoisotopic (exact) mass is 423 g/mol. The first-order valence-electron chi connectivity index (χ1n) is 9.38. The summed E-state index contributed by atoms with van der Waals surface area (Å²) in [4.78, 5) is 26.7. The molecule has 0 radical (unpaired) electrons. The van der Waals surface area contributed by atoms with Crippen LogP contribution in [0.4, 0.5) is 10.1 Å². The van der Waals surface area contributed by atoms with Gasteiger partial charge in [-0.3, -0.25) is 9.69 Å². The van der Waals surface area contributed by atoms with E-state index in [0.717, 1.165) is 36.7 Å². The largest absolute Gasteiger partial charge is 0.458 e. The predicted octanol–water partition coefficient (Wildman–Crippen LogP) is 5.51. The number of ether oxygens (including phenoxy) is 1. The van der Waals surface area contributed by atoms with Gasteiger partial charge in [0.2, 0.25) is 0 Å². The fraction of sp³-hybridized carbons (Fsp3) is 0.429. The van der Waals surface area contributed by atoms with Crippen LogP contribution in [0.15, 0.2) is 35.6 Å². The maximum absolute atomic E-state index is 14.7. The molecular formula is C21H23ClFNO3S. The Labute approximate surface area is 173 Å². The van der Waals surface area contributed by atoms with E-state index in [4.69, 9.17) is 16.3 Å². The van der Waals surface area contributed by atoms with Crippen LogP contribution in [0.1, 0.15) is 49.9 Å². The second-order valence-electron chi connectivity index (χ2n) is 6.91. The van der Waals surface area contributed by atoms with Gasteiger partial charge in [-0.25, -0.2) is 9.18 Å². The van der Waals surface area contributed by atoms with Crippen molar-refractivity contribution in [1.82, 2.24) is 0 Å². The van der Waals surface area contributed by atoms with Gasteiger partial charge in [-0.05, 0) is 56.1 Å². The topological polar surface area (TPSA) is 46.6 Å². The molecule has 0 saturated heterocycles. The number of hydrogen-bond donors (Lipinski definition) is 0. The third-order valence-corrected chi connectivity index (χ3v) is 6.34. The number of benzene rings is 1. The minimum absolute atomic E-state index is 0.0173. The van der Waals surface area contributed by atoms with Gasteiger partial charge >= 0.3 is 5.97 Å². The quantitative estimate of drug-likeness (QED) is 0.566. The number of anilines is 1. The van der Waals surface area contributed by atoms with Crippen molar-refractivity contribution < 1.29 is 18.7 Å². The highest BCUT2D eigenvalue weighted by Gasteiger charge is 2.37. The van der Waals surface area contributed by atoms with Gasteiger partial charge in [0.05, 0.1) is 16.3 Å². The first-order valence-corrected chi connectivity index (χ1v) is 10.9. The van der Waals surface area contributed by atoms with Crippen LogP contribution in [-0.4, -0.2) is 29.5 Å². The molecule has 1 aromatic rings. The van der Waals surface area contributed by atoms with Crippen molar-refractivity contribution in [2.24, 2.45) is 0 Å². The normalized spacial score (nSPS) is 17.8. The summed E-state index contributed by atoms with van der Waals surface area (Å²) in [6.45, 7) is 7.81. The molecule has 7 heteroatoms. The zero-order valence-corrected chi connectivity index (χ0v) is 17.6. The molecule has 0 N–H and O–H groups in total. The number of carbonyl (C=O) groups is 2. The van der Waals surface area contributed by atoms with Crippen molar-refractivity contribution >= 4 is 40.9 Å².